The number of aryl methyl sites for hydroxylation is 1. The fourth-order valence-electron chi connectivity index (χ4n) is 2.05. The SMILES string of the molecule is C/C=C\OC(C)NC(=C(N)c1ccc(C)cc1)C(=C/C=N)/N=C(\C)N. The normalized spacial score (nSPS) is 14.9. The van der Waals surface area contributed by atoms with Crippen LogP contribution in [0.1, 0.15) is 31.9 Å². The molecule has 1 rings (SSSR count). The van der Waals surface area contributed by atoms with Crippen molar-refractivity contribution in [1.29, 1.82) is 5.41 Å². The van der Waals surface area contributed by atoms with E-state index in [1.807, 2.05) is 45.0 Å². The van der Waals surface area contributed by atoms with Gasteiger partial charge in [-0.1, -0.05) is 35.9 Å². The molecule has 0 aliphatic heterocycles. The van der Waals surface area contributed by atoms with Crippen molar-refractivity contribution in [2.45, 2.75) is 33.9 Å². The monoisotopic (exact) mass is 341 g/mol. The molecule has 0 fully saturated rings. The quantitative estimate of drug-likeness (QED) is 0.191. The molecule has 0 spiro atoms. The van der Waals surface area contributed by atoms with Crippen LogP contribution in [0.4, 0.5) is 0 Å². The Morgan fingerprint density at radius 3 is 2.44 bits per heavy atom. The average Bonchev–Trinajstić information content (AvgIpc) is 2.57. The van der Waals surface area contributed by atoms with E-state index in [0.29, 0.717) is 22.9 Å². The Kier molecular flexibility index (Phi) is 7.99. The predicted molar refractivity (Wildman–Crippen MR) is 105 cm³/mol. The minimum Gasteiger partial charge on any atom is -0.479 e. The summed E-state index contributed by atoms with van der Waals surface area (Å²) in [5.41, 5.74) is 15.6. The first-order chi connectivity index (χ1) is 11.9. The standard InChI is InChI=1S/C19H27N5O/c1-5-12-25-15(4)24-19(17(10-11-20)23-14(3)21)18(22)16-8-6-13(2)7-9-16/h5-12,15,20,24H,22H2,1-4H3,(H2,21,23)/b12-5-,17-10-,19-18?,20-11?. The number of benzene rings is 1. The lowest BCUT2D eigenvalue weighted by Gasteiger charge is -2.20. The second-order valence-electron chi connectivity index (χ2n) is 5.52. The fourth-order valence-corrected chi connectivity index (χ4v) is 2.05. The molecule has 0 aliphatic carbocycles. The topological polar surface area (TPSA) is 110 Å². The van der Waals surface area contributed by atoms with Crippen LogP contribution in [-0.4, -0.2) is 18.3 Å². The first kappa shape index (κ1) is 20.0. The fraction of sp³-hybridized carbons (Fsp3) is 0.263. The molecule has 0 amide bonds. The number of allylic oxidation sites excluding steroid dienone is 2. The summed E-state index contributed by atoms with van der Waals surface area (Å²) in [6.45, 7) is 7.41. The summed E-state index contributed by atoms with van der Waals surface area (Å²) in [4.78, 5) is 4.29. The maximum Gasteiger partial charge on any atom is 0.166 e. The molecule has 0 aliphatic rings. The number of hydrogen-bond donors (Lipinski definition) is 4. The number of aliphatic imine (C=N–C) groups is 1. The zero-order valence-electron chi connectivity index (χ0n) is 15.2. The van der Waals surface area contributed by atoms with Crippen LogP contribution in [-0.2, 0) is 4.74 Å². The number of ether oxygens (including phenoxy) is 1. The van der Waals surface area contributed by atoms with Crippen LogP contribution >= 0.6 is 0 Å². The number of nitrogens with zero attached hydrogens (tertiary/aromatic N) is 1. The van der Waals surface area contributed by atoms with Gasteiger partial charge in [-0.25, -0.2) is 4.99 Å². The highest BCUT2D eigenvalue weighted by Gasteiger charge is 2.14. The smallest absolute Gasteiger partial charge is 0.166 e. The van der Waals surface area contributed by atoms with Crippen LogP contribution in [0.25, 0.3) is 5.70 Å². The van der Waals surface area contributed by atoms with E-state index in [2.05, 4.69) is 10.3 Å². The maximum absolute atomic E-state index is 7.39. The largest absolute Gasteiger partial charge is 0.479 e. The van der Waals surface area contributed by atoms with Crippen molar-refractivity contribution in [3.8, 4) is 0 Å². The lowest BCUT2D eigenvalue weighted by molar-refractivity contribution is 0.139. The summed E-state index contributed by atoms with van der Waals surface area (Å²) in [6, 6.07) is 7.84. The molecule has 1 atom stereocenters. The first-order valence-corrected chi connectivity index (χ1v) is 8.00. The van der Waals surface area contributed by atoms with Crippen LogP contribution in [0.3, 0.4) is 0 Å². The second-order valence-corrected chi connectivity index (χ2v) is 5.52. The lowest BCUT2D eigenvalue weighted by atomic mass is 10.1. The van der Waals surface area contributed by atoms with E-state index in [1.165, 1.54) is 6.08 Å². The molecule has 6 heteroatoms. The Hall–Kier alpha value is -3.02. The predicted octanol–water partition coefficient (Wildman–Crippen LogP) is 3.02. The highest BCUT2D eigenvalue weighted by atomic mass is 16.5. The van der Waals surface area contributed by atoms with Gasteiger partial charge in [0.2, 0.25) is 0 Å². The Labute approximate surface area is 149 Å². The van der Waals surface area contributed by atoms with Gasteiger partial charge in [-0.3, -0.25) is 0 Å². The van der Waals surface area contributed by atoms with Crippen LogP contribution in [0, 0.1) is 12.3 Å². The molecule has 1 aromatic rings. The van der Waals surface area contributed by atoms with Crippen molar-refractivity contribution in [1.82, 2.24) is 5.32 Å². The summed E-state index contributed by atoms with van der Waals surface area (Å²) in [6.07, 6.45) is 5.71. The van der Waals surface area contributed by atoms with Crippen molar-refractivity contribution >= 4 is 17.7 Å². The molecule has 0 bridgehead atoms. The van der Waals surface area contributed by atoms with Crippen LogP contribution in [0.2, 0.25) is 0 Å². The molecule has 0 heterocycles. The van der Waals surface area contributed by atoms with Gasteiger partial charge in [0.05, 0.1) is 29.2 Å². The summed E-state index contributed by atoms with van der Waals surface area (Å²) in [7, 11) is 0. The van der Waals surface area contributed by atoms with Crippen molar-refractivity contribution in [2.24, 2.45) is 16.5 Å². The molecule has 0 saturated heterocycles. The third kappa shape index (κ3) is 6.55. The second kappa shape index (κ2) is 9.97. The van der Waals surface area contributed by atoms with Gasteiger partial charge in [-0.2, -0.15) is 0 Å². The summed E-state index contributed by atoms with van der Waals surface area (Å²) >= 11 is 0. The molecular weight excluding hydrogens is 314 g/mol. The molecule has 6 nitrogen and oxygen atoms in total. The van der Waals surface area contributed by atoms with E-state index >= 15 is 0 Å². The Balaban J connectivity index is 3.41. The van der Waals surface area contributed by atoms with E-state index in [0.717, 1.165) is 17.3 Å². The molecular formula is C19H27N5O. The third-order valence-electron chi connectivity index (χ3n) is 3.19. The molecule has 134 valence electrons. The van der Waals surface area contributed by atoms with E-state index in [1.54, 1.807) is 19.3 Å². The number of nitrogens with one attached hydrogen (secondary N) is 2. The molecule has 0 aromatic heterocycles. The van der Waals surface area contributed by atoms with E-state index in [4.69, 9.17) is 21.6 Å². The summed E-state index contributed by atoms with van der Waals surface area (Å²) < 4.78 is 5.51. The van der Waals surface area contributed by atoms with Crippen molar-refractivity contribution in [3.05, 3.63) is 65.2 Å². The van der Waals surface area contributed by atoms with Gasteiger partial charge in [0.25, 0.3) is 0 Å². The molecule has 0 saturated carbocycles. The van der Waals surface area contributed by atoms with Crippen LogP contribution in [0.15, 0.2) is 59.1 Å². The third-order valence-corrected chi connectivity index (χ3v) is 3.19. The Bertz CT molecular complexity index is 695. The van der Waals surface area contributed by atoms with Crippen LogP contribution in [0.5, 0.6) is 0 Å². The van der Waals surface area contributed by atoms with Gasteiger partial charge >= 0.3 is 0 Å². The van der Waals surface area contributed by atoms with Gasteiger partial charge in [-0.05, 0) is 39.3 Å². The zero-order chi connectivity index (χ0) is 18.8. The zero-order valence-corrected chi connectivity index (χ0v) is 15.2. The molecule has 1 unspecified atom stereocenters. The number of hydrogen-bond acceptors (Lipinski definition) is 5. The summed E-state index contributed by atoms with van der Waals surface area (Å²) in [5, 5.41) is 10.6. The van der Waals surface area contributed by atoms with Crippen molar-refractivity contribution < 1.29 is 4.74 Å². The van der Waals surface area contributed by atoms with Gasteiger partial charge in [0, 0.05) is 6.21 Å². The van der Waals surface area contributed by atoms with Crippen LogP contribution < -0.4 is 16.8 Å². The highest BCUT2D eigenvalue weighted by Crippen LogP contribution is 2.20. The minimum absolute atomic E-state index is 0.349. The molecule has 25 heavy (non-hydrogen) atoms. The Morgan fingerprint density at radius 1 is 1.28 bits per heavy atom. The molecule has 1 aromatic carbocycles. The van der Waals surface area contributed by atoms with Gasteiger partial charge in [0.1, 0.15) is 0 Å². The maximum atomic E-state index is 7.39. The summed E-state index contributed by atoms with van der Waals surface area (Å²) in [5.74, 6) is 0.367. The van der Waals surface area contributed by atoms with Crippen molar-refractivity contribution in [3.63, 3.8) is 0 Å². The Morgan fingerprint density at radius 2 is 1.92 bits per heavy atom. The first-order valence-electron chi connectivity index (χ1n) is 8.00. The number of amidine groups is 1. The molecule has 0 radical (unpaired) electrons. The lowest BCUT2D eigenvalue weighted by Crippen LogP contribution is -2.30. The number of rotatable bonds is 8. The van der Waals surface area contributed by atoms with Gasteiger partial charge in [0.15, 0.2) is 6.23 Å². The van der Waals surface area contributed by atoms with E-state index < -0.39 is 0 Å². The minimum atomic E-state index is -0.349. The van der Waals surface area contributed by atoms with E-state index in [-0.39, 0.29) is 6.23 Å². The highest BCUT2D eigenvalue weighted by molar-refractivity contribution is 5.82. The van der Waals surface area contributed by atoms with Gasteiger partial charge < -0.3 is 26.9 Å². The molecule has 6 N–H and O–H groups in total. The van der Waals surface area contributed by atoms with Gasteiger partial charge in [-0.15, -0.1) is 0 Å². The van der Waals surface area contributed by atoms with Crippen molar-refractivity contribution in [2.75, 3.05) is 0 Å². The average molecular weight is 341 g/mol. The number of nitrogens with two attached hydrogens (primary N) is 2. The van der Waals surface area contributed by atoms with E-state index in [9.17, 15) is 0 Å².